The van der Waals surface area contributed by atoms with Crippen LogP contribution in [-0.4, -0.2) is 40.1 Å². The van der Waals surface area contributed by atoms with Gasteiger partial charge in [-0.15, -0.1) is 0 Å². The van der Waals surface area contributed by atoms with E-state index in [1.807, 2.05) is 12.1 Å². The van der Waals surface area contributed by atoms with Crippen molar-refractivity contribution in [2.45, 2.75) is 19.3 Å². The summed E-state index contributed by atoms with van der Waals surface area (Å²) >= 11 is 0. The number of aromatic carboxylic acids is 1. The van der Waals surface area contributed by atoms with Crippen LogP contribution in [0.4, 0.5) is 0 Å². The number of benzene rings is 2. The summed E-state index contributed by atoms with van der Waals surface area (Å²) < 4.78 is 0. The molecule has 2 N–H and O–H groups in total. The smallest absolute Gasteiger partial charge is 0.335 e. The lowest BCUT2D eigenvalue weighted by Gasteiger charge is -2.18. The Balaban J connectivity index is 1.79. The lowest BCUT2D eigenvalue weighted by molar-refractivity contribution is 0.0695. The molecule has 0 aromatic heterocycles. The molecule has 1 amide bonds. The van der Waals surface area contributed by atoms with Gasteiger partial charge in [0.15, 0.2) is 0 Å². The van der Waals surface area contributed by atoms with Gasteiger partial charge < -0.3 is 15.1 Å². The van der Waals surface area contributed by atoms with E-state index in [0.29, 0.717) is 29.8 Å². The van der Waals surface area contributed by atoms with Crippen LogP contribution in [0, 0.1) is 6.92 Å². The number of carboxylic acid groups (broad SMARTS) is 1. The molecular formula is C19H19NO4. The topological polar surface area (TPSA) is 77.8 Å². The van der Waals surface area contributed by atoms with Crippen LogP contribution in [0.5, 0.6) is 5.75 Å². The Morgan fingerprint density at radius 1 is 1.17 bits per heavy atom. The van der Waals surface area contributed by atoms with Gasteiger partial charge in [-0.25, -0.2) is 4.79 Å². The Morgan fingerprint density at radius 2 is 1.92 bits per heavy atom. The number of rotatable bonds is 3. The maximum absolute atomic E-state index is 12.6. The van der Waals surface area contributed by atoms with Crippen molar-refractivity contribution in [1.29, 1.82) is 0 Å². The summed E-state index contributed by atoms with van der Waals surface area (Å²) in [6.07, 6.45) is 0.743. The minimum Gasteiger partial charge on any atom is -0.508 e. The summed E-state index contributed by atoms with van der Waals surface area (Å²) in [6.45, 7) is 2.85. The zero-order valence-corrected chi connectivity index (χ0v) is 13.4. The van der Waals surface area contributed by atoms with E-state index in [2.05, 4.69) is 0 Å². The predicted octanol–water partition coefficient (Wildman–Crippen LogP) is 3.03. The number of phenolic OH excluding ortho intramolecular Hbond substituents is 1. The first-order chi connectivity index (χ1) is 11.5. The van der Waals surface area contributed by atoms with Gasteiger partial charge in [-0.2, -0.15) is 0 Å². The summed E-state index contributed by atoms with van der Waals surface area (Å²) in [5, 5.41) is 18.9. The first kappa shape index (κ1) is 16.1. The van der Waals surface area contributed by atoms with Gasteiger partial charge in [0, 0.05) is 24.6 Å². The van der Waals surface area contributed by atoms with Gasteiger partial charge in [0.1, 0.15) is 5.75 Å². The maximum Gasteiger partial charge on any atom is 0.335 e. The average molecular weight is 325 g/mol. The molecule has 1 fully saturated rings. The van der Waals surface area contributed by atoms with Crippen molar-refractivity contribution in [1.82, 2.24) is 4.90 Å². The molecule has 0 aliphatic carbocycles. The summed E-state index contributed by atoms with van der Waals surface area (Å²) in [7, 11) is 0. The fraction of sp³-hybridized carbons (Fsp3) is 0.263. The molecule has 5 heteroatoms. The lowest BCUT2D eigenvalue weighted by atomic mass is 9.93. The minimum atomic E-state index is -0.940. The molecule has 24 heavy (non-hydrogen) atoms. The van der Waals surface area contributed by atoms with Crippen molar-refractivity contribution in [3.63, 3.8) is 0 Å². The van der Waals surface area contributed by atoms with Crippen LogP contribution in [-0.2, 0) is 0 Å². The molecule has 124 valence electrons. The highest BCUT2D eigenvalue weighted by Crippen LogP contribution is 2.31. The van der Waals surface area contributed by atoms with Gasteiger partial charge in [-0.1, -0.05) is 18.2 Å². The van der Waals surface area contributed by atoms with E-state index in [4.69, 9.17) is 0 Å². The lowest BCUT2D eigenvalue weighted by Crippen LogP contribution is -2.28. The number of nitrogens with zero attached hydrogens (tertiary/aromatic N) is 1. The minimum absolute atomic E-state index is 0.0273. The van der Waals surface area contributed by atoms with Crippen molar-refractivity contribution in [3.8, 4) is 5.75 Å². The highest BCUT2D eigenvalue weighted by atomic mass is 16.4. The normalized spacial score (nSPS) is 17.0. The van der Waals surface area contributed by atoms with E-state index in [1.165, 1.54) is 6.07 Å². The molecule has 1 aliphatic rings. The van der Waals surface area contributed by atoms with Crippen molar-refractivity contribution < 1.29 is 19.8 Å². The molecule has 0 bridgehead atoms. The Hall–Kier alpha value is -2.82. The standard InChI is InChI=1S/C19H19NO4/c1-12-10-13(6-7-17(12)21)18(22)20-9-8-14(11-20)15-4-2-3-5-16(15)19(23)24/h2-7,10,14,21H,8-9,11H2,1H3,(H,23,24)/t14-/m1/s1. The van der Waals surface area contributed by atoms with Gasteiger partial charge >= 0.3 is 5.97 Å². The molecule has 1 aliphatic heterocycles. The third-order valence-electron chi connectivity index (χ3n) is 4.55. The van der Waals surface area contributed by atoms with E-state index in [9.17, 15) is 19.8 Å². The number of carbonyl (C=O) groups excluding carboxylic acids is 1. The zero-order chi connectivity index (χ0) is 17.3. The number of likely N-dealkylation sites (tertiary alicyclic amines) is 1. The molecule has 2 aromatic rings. The first-order valence-corrected chi connectivity index (χ1v) is 7.88. The first-order valence-electron chi connectivity index (χ1n) is 7.88. The van der Waals surface area contributed by atoms with E-state index in [1.54, 1.807) is 36.1 Å². The molecular weight excluding hydrogens is 306 g/mol. The van der Waals surface area contributed by atoms with Crippen LogP contribution in [0.3, 0.4) is 0 Å². The van der Waals surface area contributed by atoms with Crippen LogP contribution in [0.1, 0.15) is 44.2 Å². The van der Waals surface area contributed by atoms with Crippen LogP contribution >= 0.6 is 0 Å². The summed E-state index contributed by atoms with van der Waals surface area (Å²) in [6, 6.07) is 11.8. The Bertz CT molecular complexity index is 800. The molecule has 0 radical (unpaired) electrons. The largest absolute Gasteiger partial charge is 0.508 e. The van der Waals surface area contributed by atoms with E-state index >= 15 is 0 Å². The maximum atomic E-state index is 12.6. The quantitative estimate of drug-likeness (QED) is 0.909. The van der Waals surface area contributed by atoms with Crippen LogP contribution in [0.15, 0.2) is 42.5 Å². The molecule has 0 unspecified atom stereocenters. The van der Waals surface area contributed by atoms with Crippen molar-refractivity contribution >= 4 is 11.9 Å². The van der Waals surface area contributed by atoms with Crippen LogP contribution in [0.25, 0.3) is 0 Å². The van der Waals surface area contributed by atoms with Gasteiger partial charge in [0.2, 0.25) is 0 Å². The molecule has 1 atom stereocenters. The molecule has 2 aromatic carbocycles. The fourth-order valence-corrected chi connectivity index (χ4v) is 3.22. The number of hydrogen-bond acceptors (Lipinski definition) is 3. The van der Waals surface area contributed by atoms with Crippen molar-refractivity contribution in [2.75, 3.05) is 13.1 Å². The fourth-order valence-electron chi connectivity index (χ4n) is 3.22. The zero-order valence-electron chi connectivity index (χ0n) is 13.4. The second-order valence-corrected chi connectivity index (χ2v) is 6.13. The number of hydrogen-bond donors (Lipinski definition) is 2. The van der Waals surface area contributed by atoms with E-state index < -0.39 is 5.97 Å². The molecule has 5 nitrogen and oxygen atoms in total. The number of phenols is 1. The highest BCUT2D eigenvalue weighted by molar-refractivity contribution is 5.95. The number of carbonyl (C=O) groups is 2. The van der Waals surface area contributed by atoms with Gasteiger partial charge in [0.05, 0.1) is 5.56 Å². The van der Waals surface area contributed by atoms with Gasteiger partial charge in [-0.05, 0) is 48.7 Å². The monoisotopic (exact) mass is 325 g/mol. The number of amides is 1. The highest BCUT2D eigenvalue weighted by Gasteiger charge is 2.30. The molecule has 1 saturated heterocycles. The third kappa shape index (κ3) is 2.97. The van der Waals surface area contributed by atoms with Crippen molar-refractivity contribution in [2.24, 2.45) is 0 Å². The molecule has 0 spiro atoms. The Labute approximate surface area is 140 Å². The molecule has 3 rings (SSSR count). The summed E-state index contributed by atoms with van der Waals surface area (Å²) in [4.78, 5) is 25.8. The number of aromatic hydroxyl groups is 1. The van der Waals surface area contributed by atoms with Crippen LogP contribution in [0.2, 0.25) is 0 Å². The second kappa shape index (κ2) is 6.35. The van der Waals surface area contributed by atoms with E-state index in [0.717, 1.165) is 12.0 Å². The summed E-state index contributed by atoms with van der Waals surface area (Å²) in [5.41, 5.74) is 2.28. The number of aryl methyl sites for hydroxylation is 1. The van der Waals surface area contributed by atoms with Gasteiger partial charge in [-0.3, -0.25) is 4.79 Å². The predicted molar refractivity (Wildman–Crippen MR) is 89.5 cm³/mol. The Kier molecular flexibility index (Phi) is 4.25. The number of carboxylic acids is 1. The SMILES string of the molecule is Cc1cc(C(=O)N2CC[C@@H](c3ccccc3C(=O)O)C2)ccc1O. The van der Waals surface area contributed by atoms with Crippen molar-refractivity contribution in [3.05, 3.63) is 64.7 Å². The Morgan fingerprint density at radius 3 is 2.62 bits per heavy atom. The second-order valence-electron chi connectivity index (χ2n) is 6.13. The van der Waals surface area contributed by atoms with Gasteiger partial charge in [0.25, 0.3) is 5.91 Å². The third-order valence-corrected chi connectivity index (χ3v) is 4.55. The average Bonchev–Trinajstić information content (AvgIpc) is 3.06. The van der Waals surface area contributed by atoms with E-state index in [-0.39, 0.29) is 17.6 Å². The van der Waals surface area contributed by atoms with Crippen LogP contribution < -0.4 is 0 Å². The summed E-state index contributed by atoms with van der Waals surface area (Å²) in [5.74, 6) is -0.835. The molecule has 1 heterocycles. The molecule has 0 saturated carbocycles.